The summed E-state index contributed by atoms with van der Waals surface area (Å²) in [6.45, 7) is 4.26. The summed E-state index contributed by atoms with van der Waals surface area (Å²) >= 11 is 0. The van der Waals surface area contributed by atoms with Crippen molar-refractivity contribution < 1.29 is 0 Å². The molecule has 3 nitrogen and oxygen atoms in total. The summed E-state index contributed by atoms with van der Waals surface area (Å²) in [6.07, 6.45) is 9.01. The van der Waals surface area contributed by atoms with E-state index in [1.54, 1.807) is 5.56 Å². The van der Waals surface area contributed by atoms with Crippen molar-refractivity contribution in [3.63, 3.8) is 0 Å². The highest BCUT2D eigenvalue weighted by atomic mass is 15.2. The first-order chi connectivity index (χ1) is 10.2. The molecule has 1 aliphatic carbocycles. The summed E-state index contributed by atoms with van der Waals surface area (Å²) in [5.41, 5.74) is 4.63. The quantitative estimate of drug-likeness (QED) is 0.914. The van der Waals surface area contributed by atoms with Crippen LogP contribution in [0.1, 0.15) is 36.5 Å². The molecule has 0 fully saturated rings. The molecule has 1 atom stereocenters. The minimum Gasteiger partial charge on any atom is -0.316 e. The molecule has 1 N–H and O–H groups in total. The van der Waals surface area contributed by atoms with Crippen molar-refractivity contribution in [3.05, 3.63) is 53.3 Å². The molecule has 1 heterocycles. The van der Waals surface area contributed by atoms with E-state index in [1.165, 1.54) is 30.4 Å². The Kier molecular flexibility index (Phi) is 4.11. The fourth-order valence-corrected chi connectivity index (χ4v) is 3.76. The molecule has 0 spiro atoms. The lowest BCUT2D eigenvalue weighted by molar-refractivity contribution is 0.338. The van der Waals surface area contributed by atoms with Crippen molar-refractivity contribution >= 4 is 0 Å². The van der Waals surface area contributed by atoms with Gasteiger partial charge in [0.05, 0.1) is 6.20 Å². The first-order valence-corrected chi connectivity index (χ1v) is 8.00. The van der Waals surface area contributed by atoms with Crippen molar-refractivity contribution in [3.8, 4) is 0 Å². The number of nitrogens with one attached hydrogen (secondary N) is 1. The second-order valence-electron chi connectivity index (χ2n) is 6.27. The molecule has 0 radical (unpaired) electrons. The van der Waals surface area contributed by atoms with Gasteiger partial charge in [0.15, 0.2) is 0 Å². The van der Waals surface area contributed by atoms with Crippen LogP contribution in [0.25, 0.3) is 0 Å². The molecule has 1 aliphatic rings. The summed E-state index contributed by atoms with van der Waals surface area (Å²) in [6, 6.07) is 9.00. The number of hydrogen-bond acceptors (Lipinski definition) is 2. The SMILES string of the molecule is CCNCC1(Cc2cnn(C)c2)CCCc2ccccc21. The topological polar surface area (TPSA) is 29.9 Å². The maximum Gasteiger partial charge on any atom is 0.0521 e. The minimum absolute atomic E-state index is 0.216. The number of fused-ring (bicyclic) bond motifs is 1. The third-order valence-corrected chi connectivity index (χ3v) is 4.70. The second kappa shape index (κ2) is 6.02. The third-order valence-electron chi connectivity index (χ3n) is 4.70. The highest BCUT2D eigenvalue weighted by Gasteiger charge is 2.36. The van der Waals surface area contributed by atoms with Gasteiger partial charge in [-0.15, -0.1) is 0 Å². The van der Waals surface area contributed by atoms with Gasteiger partial charge in [-0.2, -0.15) is 5.10 Å². The molecule has 0 aliphatic heterocycles. The summed E-state index contributed by atoms with van der Waals surface area (Å²) in [7, 11) is 2.00. The van der Waals surface area contributed by atoms with Crippen molar-refractivity contribution in [2.45, 2.75) is 38.0 Å². The Morgan fingerprint density at radius 2 is 2.19 bits per heavy atom. The van der Waals surface area contributed by atoms with E-state index in [-0.39, 0.29) is 5.41 Å². The fourth-order valence-electron chi connectivity index (χ4n) is 3.76. The van der Waals surface area contributed by atoms with E-state index < -0.39 is 0 Å². The van der Waals surface area contributed by atoms with Gasteiger partial charge in [0, 0.05) is 25.2 Å². The van der Waals surface area contributed by atoms with Gasteiger partial charge in [0.1, 0.15) is 0 Å². The Hall–Kier alpha value is -1.61. The fraction of sp³-hybridized carbons (Fsp3) is 0.500. The van der Waals surface area contributed by atoms with Gasteiger partial charge in [-0.05, 0) is 48.9 Å². The number of aryl methyl sites for hydroxylation is 2. The monoisotopic (exact) mass is 283 g/mol. The maximum atomic E-state index is 4.35. The van der Waals surface area contributed by atoms with Crippen LogP contribution in [0.4, 0.5) is 0 Å². The highest BCUT2D eigenvalue weighted by Crippen LogP contribution is 2.39. The van der Waals surface area contributed by atoms with Gasteiger partial charge in [-0.25, -0.2) is 0 Å². The predicted octanol–water partition coefficient (Wildman–Crippen LogP) is 2.85. The van der Waals surface area contributed by atoms with E-state index in [4.69, 9.17) is 0 Å². The Morgan fingerprint density at radius 1 is 1.33 bits per heavy atom. The lowest BCUT2D eigenvalue weighted by Crippen LogP contribution is -2.42. The Bertz CT molecular complexity index is 602. The summed E-state index contributed by atoms with van der Waals surface area (Å²) < 4.78 is 1.91. The maximum absolute atomic E-state index is 4.35. The minimum atomic E-state index is 0.216. The van der Waals surface area contributed by atoms with Crippen LogP contribution >= 0.6 is 0 Å². The molecule has 1 aromatic carbocycles. The van der Waals surface area contributed by atoms with Gasteiger partial charge in [0.25, 0.3) is 0 Å². The largest absolute Gasteiger partial charge is 0.316 e. The van der Waals surface area contributed by atoms with Crippen LogP contribution in [-0.2, 0) is 25.3 Å². The molecular weight excluding hydrogens is 258 g/mol. The summed E-state index contributed by atoms with van der Waals surface area (Å²) in [4.78, 5) is 0. The number of nitrogens with zero attached hydrogens (tertiary/aromatic N) is 2. The van der Waals surface area contributed by atoms with E-state index in [0.717, 1.165) is 19.5 Å². The normalized spacial score (nSPS) is 21.2. The Morgan fingerprint density at radius 3 is 2.95 bits per heavy atom. The third kappa shape index (κ3) is 2.88. The summed E-state index contributed by atoms with van der Waals surface area (Å²) in [5.74, 6) is 0. The molecule has 0 amide bonds. The molecule has 112 valence electrons. The van der Waals surface area contributed by atoms with E-state index in [1.807, 2.05) is 17.9 Å². The second-order valence-corrected chi connectivity index (χ2v) is 6.27. The van der Waals surface area contributed by atoms with Crippen LogP contribution in [0.5, 0.6) is 0 Å². The van der Waals surface area contributed by atoms with Crippen molar-refractivity contribution in [2.75, 3.05) is 13.1 Å². The van der Waals surface area contributed by atoms with E-state index in [2.05, 4.69) is 47.8 Å². The van der Waals surface area contributed by atoms with Crippen LogP contribution in [0, 0.1) is 0 Å². The van der Waals surface area contributed by atoms with Gasteiger partial charge < -0.3 is 5.32 Å². The lowest BCUT2D eigenvalue weighted by atomic mass is 9.67. The molecule has 1 aromatic heterocycles. The van der Waals surface area contributed by atoms with Crippen LogP contribution in [-0.4, -0.2) is 22.9 Å². The Labute approximate surface area is 127 Å². The van der Waals surface area contributed by atoms with Crippen LogP contribution < -0.4 is 5.32 Å². The molecular formula is C18H25N3. The smallest absolute Gasteiger partial charge is 0.0521 e. The number of hydrogen-bond donors (Lipinski definition) is 1. The average Bonchev–Trinajstić information content (AvgIpc) is 2.91. The molecule has 21 heavy (non-hydrogen) atoms. The van der Waals surface area contributed by atoms with Crippen molar-refractivity contribution in [1.29, 1.82) is 0 Å². The molecule has 3 rings (SSSR count). The van der Waals surface area contributed by atoms with Crippen molar-refractivity contribution in [1.82, 2.24) is 15.1 Å². The zero-order valence-corrected chi connectivity index (χ0v) is 13.1. The molecule has 0 saturated heterocycles. The van der Waals surface area contributed by atoms with Gasteiger partial charge in [-0.1, -0.05) is 31.2 Å². The van der Waals surface area contributed by atoms with Crippen LogP contribution in [0.2, 0.25) is 0 Å². The Balaban J connectivity index is 1.97. The summed E-state index contributed by atoms with van der Waals surface area (Å²) in [5, 5.41) is 7.95. The molecule has 1 unspecified atom stereocenters. The number of rotatable bonds is 5. The predicted molar refractivity (Wildman–Crippen MR) is 86.5 cm³/mol. The standard InChI is InChI=1S/C18H25N3/c1-3-19-14-18(11-15-12-20-21(2)13-15)10-6-8-16-7-4-5-9-17(16)18/h4-5,7,9,12-13,19H,3,6,8,10-11,14H2,1-2H3. The molecule has 3 heteroatoms. The van der Waals surface area contributed by atoms with Gasteiger partial charge in [0.2, 0.25) is 0 Å². The van der Waals surface area contributed by atoms with Crippen LogP contribution in [0.15, 0.2) is 36.7 Å². The van der Waals surface area contributed by atoms with E-state index in [9.17, 15) is 0 Å². The van der Waals surface area contributed by atoms with Gasteiger partial charge in [-0.3, -0.25) is 4.68 Å². The average molecular weight is 283 g/mol. The molecule has 0 bridgehead atoms. The molecule has 0 saturated carbocycles. The van der Waals surface area contributed by atoms with Crippen LogP contribution in [0.3, 0.4) is 0 Å². The molecule has 2 aromatic rings. The number of aromatic nitrogens is 2. The number of likely N-dealkylation sites (N-methyl/N-ethyl adjacent to an activating group) is 1. The van der Waals surface area contributed by atoms with E-state index in [0.29, 0.717) is 0 Å². The lowest BCUT2D eigenvalue weighted by Gasteiger charge is -2.39. The zero-order chi connectivity index (χ0) is 14.7. The first-order valence-electron chi connectivity index (χ1n) is 8.00. The zero-order valence-electron chi connectivity index (χ0n) is 13.1. The number of benzene rings is 1. The van der Waals surface area contributed by atoms with E-state index >= 15 is 0 Å². The van der Waals surface area contributed by atoms with Crippen molar-refractivity contribution in [2.24, 2.45) is 7.05 Å². The highest BCUT2D eigenvalue weighted by molar-refractivity contribution is 5.38. The first kappa shape index (κ1) is 14.3. The van der Waals surface area contributed by atoms with Gasteiger partial charge >= 0.3 is 0 Å².